The number of carbonyl (C=O) groups excluding carboxylic acids is 1. The highest BCUT2D eigenvalue weighted by molar-refractivity contribution is 9.10. The van der Waals surface area contributed by atoms with Crippen molar-refractivity contribution in [1.82, 2.24) is 10.6 Å². The van der Waals surface area contributed by atoms with Crippen LogP contribution in [0.4, 0.5) is 5.69 Å². The first kappa shape index (κ1) is 18.4. The summed E-state index contributed by atoms with van der Waals surface area (Å²) in [5.41, 5.74) is 2.83. The Morgan fingerprint density at radius 1 is 1.19 bits per heavy atom. The molecule has 0 bridgehead atoms. The van der Waals surface area contributed by atoms with E-state index in [2.05, 4.69) is 31.9 Å². The van der Waals surface area contributed by atoms with Crippen LogP contribution in [0.1, 0.15) is 18.5 Å². The number of hydrogen-bond donors (Lipinski definition) is 3. The molecule has 7 heteroatoms. The predicted octanol–water partition coefficient (Wildman–Crippen LogP) is 3.89. The molecular weight excluding hydrogens is 414 g/mol. The third-order valence-electron chi connectivity index (χ3n) is 4.07. The summed E-state index contributed by atoms with van der Waals surface area (Å²) in [4.78, 5) is 13.0. The van der Waals surface area contributed by atoms with Gasteiger partial charge in [0.15, 0.2) is 5.11 Å². The first-order chi connectivity index (χ1) is 12.5. The summed E-state index contributed by atoms with van der Waals surface area (Å²) in [6.07, 6.45) is 0. The molecule has 3 N–H and O–H groups in total. The Kier molecular flexibility index (Phi) is 5.58. The summed E-state index contributed by atoms with van der Waals surface area (Å²) < 4.78 is 6.41. The normalized spacial score (nSPS) is 16.6. The number of carbonyl (C=O) groups is 1. The van der Waals surface area contributed by atoms with Crippen molar-refractivity contribution < 1.29 is 9.53 Å². The standard InChI is InChI=1S/C19H18BrN3O2S/c1-11-16(18(24)22-13-9-7-12(20)8-10-13)17(23-19(26)21-11)14-5-3-4-6-15(14)25-2/h3-10,17H,1-2H3,(H,22,24)(H2,21,23,26). The Balaban J connectivity index is 1.97. The molecule has 1 aliphatic rings. The molecule has 1 atom stereocenters. The van der Waals surface area contributed by atoms with Crippen molar-refractivity contribution >= 4 is 44.9 Å². The lowest BCUT2D eigenvalue weighted by Gasteiger charge is -2.31. The number of allylic oxidation sites excluding steroid dienone is 1. The van der Waals surface area contributed by atoms with Crippen molar-refractivity contribution in [3.63, 3.8) is 0 Å². The fourth-order valence-electron chi connectivity index (χ4n) is 2.86. The van der Waals surface area contributed by atoms with Crippen LogP contribution in [0.25, 0.3) is 0 Å². The summed E-state index contributed by atoms with van der Waals surface area (Å²) in [7, 11) is 1.61. The number of nitrogens with one attached hydrogen (secondary N) is 3. The SMILES string of the molecule is COc1ccccc1C1NC(=S)NC(C)=C1C(=O)Nc1ccc(Br)cc1. The van der Waals surface area contributed by atoms with Crippen molar-refractivity contribution in [2.75, 3.05) is 12.4 Å². The molecule has 0 fully saturated rings. The van der Waals surface area contributed by atoms with Gasteiger partial charge in [-0.25, -0.2) is 0 Å². The van der Waals surface area contributed by atoms with E-state index in [1.807, 2.05) is 55.5 Å². The van der Waals surface area contributed by atoms with Gasteiger partial charge in [0.25, 0.3) is 5.91 Å². The van der Waals surface area contributed by atoms with E-state index in [9.17, 15) is 4.79 Å². The monoisotopic (exact) mass is 431 g/mol. The molecule has 0 aromatic heterocycles. The van der Waals surface area contributed by atoms with Gasteiger partial charge in [0.2, 0.25) is 0 Å². The van der Waals surface area contributed by atoms with E-state index >= 15 is 0 Å². The third-order valence-corrected chi connectivity index (χ3v) is 4.81. The minimum Gasteiger partial charge on any atom is -0.496 e. The van der Waals surface area contributed by atoms with E-state index in [0.717, 1.165) is 10.0 Å². The van der Waals surface area contributed by atoms with Gasteiger partial charge in [-0.3, -0.25) is 4.79 Å². The Labute approximate surface area is 165 Å². The van der Waals surface area contributed by atoms with Crippen LogP contribution in [0.15, 0.2) is 64.3 Å². The van der Waals surface area contributed by atoms with Crippen LogP contribution in [-0.4, -0.2) is 18.1 Å². The number of hydrogen-bond acceptors (Lipinski definition) is 3. The number of anilines is 1. The minimum absolute atomic E-state index is 0.205. The van der Waals surface area contributed by atoms with Crippen LogP contribution >= 0.6 is 28.1 Å². The molecule has 0 radical (unpaired) electrons. The topological polar surface area (TPSA) is 62.4 Å². The van der Waals surface area contributed by atoms with Crippen LogP contribution in [0.2, 0.25) is 0 Å². The predicted molar refractivity (Wildman–Crippen MR) is 110 cm³/mol. The maximum absolute atomic E-state index is 13.0. The highest BCUT2D eigenvalue weighted by Crippen LogP contribution is 2.33. The fourth-order valence-corrected chi connectivity index (χ4v) is 3.40. The van der Waals surface area contributed by atoms with E-state index in [1.165, 1.54) is 0 Å². The van der Waals surface area contributed by atoms with E-state index in [0.29, 0.717) is 27.8 Å². The quantitative estimate of drug-likeness (QED) is 0.640. The van der Waals surface area contributed by atoms with Gasteiger partial charge < -0.3 is 20.7 Å². The number of amides is 1. The highest BCUT2D eigenvalue weighted by Gasteiger charge is 2.31. The van der Waals surface area contributed by atoms with Crippen LogP contribution < -0.4 is 20.7 Å². The highest BCUT2D eigenvalue weighted by atomic mass is 79.9. The summed E-state index contributed by atoms with van der Waals surface area (Å²) in [5.74, 6) is 0.486. The zero-order valence-electron chi connectivity index (χ0n) is 14.3. The molecule has 134 valence electrons. The third kappa shape index (κ3) is 3.89. The lowest BCUT2D eigenvalue weighted by molar-refractivity contribution is -0.113. The molecule has 2 aromatic carbocycles. The molecule has 1 amide bonds. The smallest absolute Gasteiger partial charge is 0.255 e. The molecule has 0 spiro atoms. The second kappa shape index (κ2) is 7.88. The van der Waals surface area contributed by atoms with Crippen LogP contribution in [0.3, 0.4) is 0 Å². The Morgan fingerprint density at radius 2 is 1.88 bits per heavy atom. The zero-order chi connectivity index (χ0) is 18.7. The molecule has 1 unspecified atom stereocenters. The molecule has 3 rings (SSSR count). The Hall–Kier alpha value is -2.38. The van der Waals surface area contributed by atoms with Crippen molar-refractivity contribution in [2.24, 2.45) is 0 Å². The van der Waals surface area contributed by atoms with Crippen LogP contribution in [-0.2, 0) is 4.79 Å². The lowest BCUT2D eigenvalue weighted by Crippen LogP contribution is -2.45. The maximum Gasteiger partial charge on any atom is 0.255 e. The molecular formula is C19H18BrN3O2S. The first-order valence-electron chi connectivity index (χ1n) is 7.97. The van der Waals surface area contributed by atoms with E-state index in [4.69, 9.17) is 17.0 Å². The Bertz CT molecular complexity index is 881. The van der Waals surface area contributed by atoms with E-state index in [-0.39, 0.29) is 5.91 Å². The average Bonchev–Trinajstić information content (AvgIpc) is 2.62. The van der Waals surface area contributed by atoms with Gasteiger partial charge in [-0.15, -0.1) is 0 Å². The van der Waals surface area contributed by atoms with E-state index in [1.54, 1.807) is 7.11 Å². The number of methoxy groups -OCH3 is 1. The molecule has 26 heavy (non-hydrogen) atoms. The number of rotatable bonds is 4. The molecule has 1 aliphatic heterocycles. The molecule has 2 aromatic rings. The minimum atomic E-state index is -0.407. The summed E-state index contributed by atoms with van der Waals surface area (Å²) in [6, 6.07) is 14.6. The van der Waals surface area contributed by atoms with Crippen LogP contribution in [0.5, 0.6) is 5.75 Å². The molecule has 0 saturated carbocycles. The van der Waals surface area contributed by atoms with Crippen molar-refractivity contribution in [3.05, 3.63) is 69.8 Å². The second-order valence-corrected chi connectivity index (χ2v) is 7.10. The summed E-state index contributed by atoms with van der Waals surface area (Å²) >= 11 is 8.68. The van der Waals surface area contributed by atoms with Crippen molar-refractivity contribution in [3.8, 4) is 5.75 Å². The van der Waals surface area contributed by atoms with Crippen molar-refractivity contribution in [1.29, 1.82) is 0 Å². The largest absolute Gasteiger partial charge is 0.496 e. The van der Waals surface area contributed by atoms with Gasteiger partial charge in [0.05, 0.1) is 18.7 Å². The fraction of sp³-hybridized carbons (Fsp3) is 0.158. The molecule has 0 aliphatic carbocycles. The molecule has 0 saturated heterocycles. The van der Waals surface area contributed by atoms with Gasteiger partial charge in [-0.05, 0) is 49.5 Å². The summed E-state index contributed by atoms with van der Waals surface area (Å²) in [5, 5.41) is 9.62. The van der Waals surface area contributed by atoms with Gasteiger partial charge in [0.1, 0.15) is 5.75 Å². The van der Waals surface area contributed by atoms with Gasteiger partial charge in [-0.1, -0.05) is 34.1 Å². The van der Waals surface area contributed by atoms with Gasteiger partial charge in [-0.2, -0.15) is 0 Å². The lowest BCUT2D eigenvalue weighted by atomic mass is 9.94. The first-order valence-corrected chi connectivity index (χ1v) is 9.18. The number of halogens is 1. The number of ether oxygens (including phenoxy) is 1. The van der Waals surface area contributed by atoms with E-state index < -0.39 is 6.04 Å². The maximum atomic E-state index is 13.0. The zero-order valence-corrected chi connectivity index (χ0v) is 16.7. The number of benzene rings is 2. The van der Waals surface area contributed by atoms with Crippen LogP contribution in [0, 0.1) is 0 Å². The average molecular weight is 432 g/mol. The number of para-hydroxylation sites is 1. The van der Waals surface area contributed by atoms with Gasteiger partial charge >= 0.3 is 0 Å². The summed E-state index contributed by atoms with van der Waals surface area (Å²) in [6.45, 7) is 1.84. The van der Waals surface area contributed by atoms with Gasteiger partial charge in [0, 0.05) is 21.4 Å². The second-order valence-electron chi connectivity index (χ2n) is 5.77. The van der Waals surface area contributed by atoms with Crippen molar-refractivity contribution in [2.45, 2.75) is 13.0 Å². The Morgan fingerprint density at radius 3 is 2.58 bits per heavy atom. The number of thiocarbonyl (C=S) groups is 1. The molecule has 1 heterocycles. The molecule has 5 nitrogen and oxygen atoms in total.